The lowest BCUT2D eigenvalue weighted by molar-refractivity contribution is 0.269. The van der Waals surface area contributed by atoms with E-state index < -0.39 is 0 Å². The molecule has 2 aliphatic carbocycles. The van der Waals surface area contributed by atoms with Gasteiger partial charge in [-0.1, -0.05) is 24.4 Å². The molecule has 4 heteroatoms. The molecule has 2 fully saturated rings. The van der Waals surface area contributed by atoms with Crippen LogP contribution in [0.1, 0.15) is 44.1 Å². The lowest BCUT2D eigenvalue weighted by Crippen LogP contribution is -2.33. The van der Waals surface area contributed by atoms with Gasteiger partial charge in [0.15, 0.2) is 11.5 Å². The zero-order chi connectivity index (χ0) is 14.9. The summed E-state index contributed by atoms with van der Waals surface area (Å²) < 4.78 is 11.7. The summed E-state index contributed by atoms with van der Waals surface area (Å²) in [7, 11) is 1.68. The average Bonchev–Trinajstić information content (AvgIpc) is 3.21. The van der Waals surface area contributed by atoms with Crippen LogP contribution < -0.4 is 15.2 Å². The number of ether oxygens (including phenoxy) is 2. The topological polar surface area (TPSA) is 44.5 Å². The molecule has 0 heterocycles. The van der Waals surface area contributed by atoms with E-state index in [0.29, 0.717) is 12.5 Å². The Labute approximate surface area is 131 Å². The van der Waals surface area contributed by atoms with Crippen LogP contribution in [-0.2, 0) is 5.41 Å². The van der Waals surface area contributed by atoms with Crippen molar-refractivity contribution in [3.05, 3.63) is 22.7 Å². The molecule has 0 amide bonds. The Morgan fingerprint density at radius 2 is 2.00 bits per heavy atom. The third kappa shape index (κ3) is 2.86. The maximum atomic E-state index is 6.55. The molecule has 21 heavy (non-hydrogen) atoms. The molecule has 2 saturated carbocycles. The van der Waals surface area contributed by atoms with Gasteiger partial charge in [-0.05, 0) is 43.7 Å². The van der Waals surface area contributed by atoms with Crippen molar-refractivity contribution in [2.75, 3.05) is 20.3 Å². The van der Waals surface area contributed by atoms with Crippen LogP contribution in [0.15, 0.2) is 12.1 Å². The summed E-state index contributed by atoms with van der Waals surface area (Å²) in [6, 6.07) is 3.81. The maximum absolute atomic E-state index is 6.55. The summed E-state index contributed by atoms with van der Waals surface area (Å²) in [5.74, 6) is 2.29. The van der Waals surface area contributed by atoms with Gasteiger partial charge in [-0.3, -0.25) is 0 Å². The number of hydrogen-bond donors (Lipinski definition) is 1. The van der Waals surface area contributed by atoms with Gasteiger partial charge in [-0.15, -0.1) is 0 Å². The highest BCUT2D eigenvalue weighted by atomic mass is 35.5. The molecule has 2 aliphatic rings. The molecule has 0 spiro atoms. The highest BCUT2D eigenvalue weighted by Gasteiger charge is 2.39. The summed E-state index contributed by atoms with van der Waals surface area (Å²) >= 11 is 6.55. The molecule has 3 rings (SSSR count). The highest BCUT2D eigenvalue weighted by molar-refractivity contribution is 6.31. The molecule has 0 bridgehead atoms. The zero-order valence-corrected chi connectivity index (χ0v) is 13.4. The van der Waals surface area contributed by atoms with Crippen molar-refractivity contribution in [2.24, 2.45) is 11.7 Å². The summed E-state index contributed by atoms with van der Waals surface area (Å²) in [5, 5.41) is 0.758. The first kappa shape index (κ1) is 15.0. The molecular formula is C17H24ClNO2. The van der Waals surface area contributed by atoms with Gasteiger partial charge in [0.1, 0.15) is 0 Å². The number of nitrogens with two attached hydrogens (primary N) is 1. The molecule has 2 N–H and O–H groups in total. The van der Waals surface area contributed by atoms with Crippen molar-refractivity contribution >= 4 is 11.6 Å². The third-order valence-corrected chi connectivity index (χ3v) is 5.25. The van der Waals surface area contributed by atoms with Crippen molar-refractivity contribution in [3.8, 4) is 11.5 Å². The molecule has 3 nitrogen and oxygen atoms in total. The van der Waals surface area contributed by atoms with Gasteiger partial charge in [-0.25, -0.2) is 0 Å². The first-order valence-corrected chi connectivity index (χ1v) is 8.28. The lowest BCUT2D eigenvalue weighted by atomic mass is 9.78. The van der Waals surface area contributed by atoms with Crippen molar-refractivity contribution in [2.45, 2.75) is 43.9 Å². The Balaban J connectivity index is 2.02. The SMILES string of the molecule is COc1ccc(Cl)c(C2(CN)CCCC2)c1OCC1CC1. The Morgan fingerprint density at radius 1 is 1.29 bits per heavy atom. The van der Waals surface area contributed by atoms with Crippen LogP contribution >= 0.6 is 11.6 Å². The van der Waals surface area contributed by atoms with Gasteiger partial charge in [0.2, 0.25) is 0 Å². The monoisotopic (exact) mass is 309 g/mol. The van der Waals surface area contributed by atoms with Crippen LogP contribution in [0.4, 0.5) is 0 Å². The second-order valence-electron chi connectivity index (χ2n) is 6.40. The van der Waals surface area contributed by atoms with Gasteiger partial charge < -0.3 is 15.2 Å². The summed E-state index contributed by atoms with van der Waals surface area (Å²) in [6.07, 6.45) is 7.09. The van der Waals surface area contributed by atoms with Crippen molar-refractivity contribution in [3.63, 3.8) is 0 Å². The molecule has 0 unspecified atom stereocenters. The van der Waals surface area contributed by atoms with E-state index in [-0.39, 0.29) is 5.41 Å². The minimum Gasteiger partial charge on any atom is -0.493 e. The standard InChI is InChI=1S/C17H24ClNO2/c1-20-14-7-6-13(18)15(16(14)21-10-12-4-5-12)17(11-19)8-2-3-9-17/h6-7,12H,2-5,8-11,19H2,1H3. The van der Waals surface area contributed by atoms with Crippen molar-refractivity contribution in [1.82, 2.24) is 0 Å². The van der Waals surface area contributed by atoms with Crippen LogP contribution in [0.3, 0.4) is 0 Å². The predicted octanol–water partition coefficient (Wildman–Crippen LogP) is 3.91. The normalized spacial score (nSPS) is 20.5. The van der Waals surface area contributed by atoms with E-state index >= 15 is 0 Å². The van der Waals surface area contributed by atoms with E-state index in [1.165, 1.54) is 25.7 Å². The Kier molecular flexibility index (Phi) is 4.32. The maximum Gasteiger partial charge on any atom is 0.166 e. The number of hydrogen-bond acceptors (Lipinski definition) is 3. The predicted molar refractivity (Wildman–Crippen MR) is 85.4 cm³/mol. The molecule has 116 valence electrons. The van der Waals surface area contributed by atoms with E-state index in [0.717, 1.165) is 41.5 Å². The summed E-state index contributed by atoms with van der Waals surface area (Å²) in [6.45, 7) is 1.37. The molecule has 0 atom stereocenters. The Morgan fingerprint density at radius 3 is 2.57 bits per heavy atom. The highest BCUT2D eigenvalue weighted by Crippen LogP contribution is 2.50. The van der Waals surface area contributed by atoms with Crippen LogP contribution in [0.2, 0.25) is 5.02 Å². The van der Waals surface area contributed by atoms with E-state index in [1.54, 1.807) is 7.11 Å². The second kappa shape index (κ2) is 6.05. The number of methoxy groups -OCH3 is 1. The quantitative estimate of drug-likeness (QED) is 0.866. The van der Waals surface area contributed by atoms with E-state index in [9.17, 15) is 0 Å². The largest absolute Gasteiger partial charge is 0.493 e. The lowest BCUT2D eigenvalue weighted by Gasteiger charge is -2.31. The zero-order valence-electron chi connectivity index (χ0n) is 12.7. The molecule has 0 aliphatic heterocycles. The average molecular weight is 310 g/mol. The number of rotatable bonds is 6. The molecule has 0 radical (unpaired) electrons. The fourth-order valence-electron chi connectivity index (χ4n) is 3.43. The van der Waals surface area contributed by atoms with Gasteiger partial charge in [0.05, 0.1) is 13.7 Å². The van der Waals surface area contributed by atoms with Gasteiger partial charge in [-0.2, -0.15) is 0 Å². The van der Waals surface area contributed by atoms with E-state index in [4.69, 9.17) is 26.8 Å². The molecule has 1 aromatic rings. The number of halogens is 1. The molecular weight excluding hydrogens is 286 g/mol. The molecule has 1 aromatic carbocycles. The number of benzene rings is 1. The van der Waals surface area contributed by atoms with Crippen LogP contribution in [0.5, 0.6) is 11.5 Å². The summed E-state index contributed by atoms with van der Waals surface area (Å²) in [4.78, 5) is 0. The second-order valence-corrected chi connectivity index (χ2v) is 6.81. The van der Waals surface area contributed by atoms with Crippen LogP contribution in [0, 0.1) is 5.92 Å². The molecule has 0 aromatic heterocycles. The van der Waals surface area contributed by atoms with Crippen LogP contribution in [-0.4, -0.2) is 20.3 Å². The smallest absolute Gasteiger partial charge is 0.166 e. The summed E-state index contributed by atoms with van der Waals surface area (Å²) in [5.41, 5.74) is 7.17. The first-order chi connectivity index (χ1) is 10.2. The van der Waals surface area contributed by atoms with E-state index in [2.05, 4.69) is 0 Å². The first-order valence-electron chi connectivity index (χ1n) is 7.90. The van der Waals surface area contributed by atoms with Gasteiger partial charge in [0, 0.05) is 22.5 Å². The fourth-order valence-corrected chi connectivity index (χ4v) is 3.78. The van der Waals surface area contributed by atoms with E-state index in [1.807, 2.05) is 12.1 Å². The Hall–Kier alpha value is -0.930. The van der Waals surface area contributed by atoms with Crippen molar-refractivity contribution in [1.29, 1.82) is 0 Å². The van der Waals surface area contributed by atoms with Crippen molar-refractivity contribution < 1.29 is 9.47 Å². The minimum atomic E-state index is -0.0511. The Bertz CT molecular complexity index is 508. The minimum absolute atomic E-state index is 0.0511. The third-order valence-electron chi connectivity index (χ3n) is 4.93. The fraction of sp³-hybridized carbons (Fsp3) is 0.647. The van der Waals surface area contributed by atoms with Gasteiger partial charge in [0.25, 0.3) is 0 Å². The van der Waals surface area contributed by atoms with Crippen LogP contribution in [0.25, 0.3) is 0 Å². The van der Waals surface area contributed by atoms with Gasteiger partial charge >= 0.3 is 0 Å². The molecule has 0 saturated heterocycles.